The Labute approximate surface area is 423 Å². The standard InChI is InChI=1S/C62H115NO5/c1-3-5-7-9-11-13-15-17-19-21-23-25-27-30-34-38-42-46-50-54-60(65)59(58-64)63-61(66)55-51-47-43-39-35-31-29-33-37-41-45-49-53-57-68-62(67)56-52-48-44-40-36-32-28-26-24-22-20-18-16-14-12-10-8-6-4-2/h12,14,18,20,31,35,43,47,59-60,64-65H,3-11,13,15-17,19,21-30,32-34,36-42,44-46,48-58H2,1-2H3,(H,63,66)/b14-12-,20-18-,35-31-,47-43-. The maximum Gasteiger partial charge on any atom is 0.305 e. The molecule has 0 aliphatic carbocycles. The van der Waals surface area contributed by atoms with Crippen molar-refractivity contribution in [1.29, 1.82) is 0 Å². The van der Waals surface area contributed by atoms with Crippen molar-refractivity contribution >= 4 is 11.9 Å². The number of hydrogen-bond acceptors (Lipinski definition) is 5. The molecule has 1 amide bonds. The van der Waals surface area contributed by atoms with E-state index < -0.39 is 12.1 Å². The Morgan fingerprint density at radius 2 is 0.750 bits per heavy atom. The highest BCUT2D eigenvalue weighted by atomic mass is 16.5. The van der Waals surface area contributed by atoms with Gasteiger partial charge in [-0.15, -0.1) is 0 Å². The molecule has 0 rings (SSSR count). The predicted octanol–water partition coefficient (Wildman–Crippen LogP) is 18.6. The molecule has 3 N–H and O–H groups in total. The minimum Gasteiger partial charge on any atom is -0.466 e. The van der Waals surface area contributed by atoms with Crippen molar-refractivity contribution in [2.75, 3.05) is 13.2 Å². The number of aliphatic hydroxyl groups excluding tert-OH is 2. The van der Waals surface area contributed by atoms with Crippen molar-refractivity contribution in [3.63, 3.8) is 0 Å². The van der Waals surface area contributed by atoms with Crippen LogP contribution in [0.25, 0.3) is 0 Å². The Kier molecular flexibility index (Phi) is 55.6. The van der Waals surface area contributed by atoms with E-state index in [9.17, 15) is 19.8 Å². The molecule has 68 heavy (non-hydrogen) atoms. The van der Waals surface area contributed by atoms with Crippen molar-refractivity contribution in [3.8, 4) is 0 Å². The van der Waals surface area contributed by atoms with Gasteiger partial charge in [0.15, 0.2) is 0 Å². The predicted molar refractivity (Wildman–Crippen MR) is 296 cm³/mol. The Morgan fingerprint density at radius 3 is 1.18 bits per heavy atom. The lowest BCUT2D eigenvalue weighted by Gasteiger charge is -2.22. The van der Waals surface area contributed by atoms with Crippen LogP contribution in [-0.2, 0) is 14.3 Å². The van der Waals surface area contributed by atoms with Gasteiger partial charge in [0.1, 0.15) is 0 Å². The molecule has 0 bridgehead atoms. The zero-order valence-corrected chi connectivity index (χ0v) is 45.3. The van der Waals surface area contributed by atoms with Gasteiger partial charge in [-0.1, -0.05) is 268 Å². The van der Waals surface area contributed by atoms with Crippen LogP contribution in [0, 0.1) is 0 Å². The summed E-state index contributed by atoms with van der Waals surface area (Å²) in [5.41, 5.74) is 0. The first-order valence-electron chi connectivity index (χ1n) is 29.9. The highest BCUT2D eigenvalue weighted by Gasteiger charge is 2.19. The Balaban J connectivity index is 3.53. The van der Waals surface area contributed by atoms with Gasteiger partial charge in [0.25, 0.3) is 0 Å². The molecule has 0 spiro atoms. The highest BCUT2D eigenvalue weighted by molar-refractivity contribution is 5.76. The number of rotatable bonds is 55. The third-order valence-corrected chi connectivity index (χ3v) is 13.6. The molecule has 6 heteroatoms. The maximum atomic E-state index is 12.5. The number of esters is 1. The van der Waals surface area contributed by atoms with Gasteiger partial charge in [0.05, 0.1) is 25.4 Å². The zero-order valence-electron chi connectivity index (χ0n) is 45.3. The van der Waals surface area contributed by atoms with E-state index in [0.29, 0.717) is 32.3 Å². The second kappa shape index (κ2) is 57.4. The summed E-state index contributed by atoms with van der Waals surface area (Å²) in [5.74, 6) is -0.135. The number of hydrogen-bond donors (Lipinski definition) is 3. The number of amides is 1. The van der Waals surface area contributed by atoms with Gasteiger partial charge in [0, 0.05) is 12.8 Å². The molecule has 2 unspecified atom stereocenters. The summed E-state index contributed by atoms with van der Waals surface area (Å²) in [6, 6.07) is -0.587. The van der Waals surface area contributed by atoms with Gasteiger partial charge in [0.2, 0.25) is 5.91 Å². The third kappa shape index (κ3) is 53.2. The molecular weight excluding hydrogens is 839 g/mol. The average Bonchev–Trinajstić information content (AvgIpc) is 3.34. The molecule has 0 aromatic rings. The van der Waals surface area contributed by atoms with Crippen LogP contribution in [0.3, 0.4) is 0 Å². The van der Waals surface area contributed by atoms with E-state index in [1.807, 2.05) is 6.08 Å². The van der Waals surface area contributed by atoms with E-state index >= 15 is 0 Å². The number of carbonyl (C=O) groups excluding carboxylic acids is 2. The van der Waals surface area contributed by atoms with Crippen LogP contribution in [0.5, 0.6) is 0 Å². The molecule has 0 aliphatic rings. The first kappa shape index (κ1) is 65.8. The van der Waals surface area contributed by atoms with E-state index in [4.69, 9.17) is 4.74 Å². The minimum atomic E-state index is -0.701. The van der Waals surface area contributed by atoms with E-state index in [2.05, 4.69) is 61.7 Å². The largest absolute Gasteiger partial charge is 0.466 e. The fraction of sp³-hybridized carbons (Fsp3) is 0.839. The van der Waals surface area contributed by atoms with Crippen LogP contribution in [0.15, 0.2) is 48.6 Å². The minimum absolute atomic E-state index is 0.0207. The van der Waals surface area contributed by atoms with Gasteiger partial charge in [-0.05, 0) is 77.0 Å². The number of allylic oxidation sites excluding steroid dienone is 8. The van der Waals surface area contributed by atoms with Crippen LogP contribution < -0.4 is 5.32 Å². The monoisotopic (exact) mass is 954 g/mol. The molecular formula is C62H115NO5. The van der Waals surface area contributed by atoms with Crippen molar-refractivity contribution < 1.29 is 24.5 Å². The summed E-state index contributed by atoms with van der Waals surface area (Å²) < 4.78 is 5.47. The molecule has 398 valence electrons. The van der Waals surface area contributed by atoms with Crippen LogP contribution >= 0.6 is 0 Å². The zero-order chi connectivity index (χ0) is 49.3. The average molecular weight is 955 g/mol. The number of nitrogens with one attached hydrogen (secondary N) is 1. The molecule has 0 saturated carbocycles. The van der Waals surface area contributed by atoms with Gasteiger partial charge in [-0.25, -0.2) is 0 Å². The highest BCUT2D eigenvalue weighted by Crippen LogP contribution is 2.17. The van der Waals surface area contributed by atoms with E-state index in [0.717, 1.165) is 57.8 Å². The van der Waals surface area contributed by atoms with Crippen molar-refractivity contribution in [2.24, 2.45) is 0 Å². The first-order chi connectivity index (χ1) is 33.5. The molecule has 0 aromatic carbocycles. The number of unbranched alkanes of at least 4 members (excludes halogenated alkanes) is 36. The molecule has 0 aliphatic heterocycles. The quantitative estimate of drug-likeness (QED) is 0.0321. The molecule has 0 aromatic heterocycles. The molecule has 2 atom stereocenters. The fourth-order valence-corrected chi connectivity index (χ4v) is 9.01. The van der Waals surface area contributed by atoms with Crippen LogP contribution in [-0.4, -0.2) is 47.4 Å². The van der Waals surface area contributed by atoms with E-state index in [1.165, 1.54) is 212 Å². The normalized spacial score (nSPS) is 12.9. The fourth-order valence-electron chi connectivity index (χ4n) is 9.01. The Hall–Kier alpha value is -2.18. The topological polar surface area (TPSA) is 95.9 Å². The van der Waals surface area contributed by atoms with Gasteiger partial charge in [-0.2, -0.15) is 0 Å². The summed E-state index contributed by atoms with van der Waals surface area (Å²) in [5, 5.41) is 23.2. The molecule has 0 heterocycles. The lowest BCUT2D eigenvalue weighted by molar-refractivity contribution is -0.143. The SMILES string of the molecule is CCCCC/C=C\C/C=C\CCCCCCCCCCCC(=O)OCCCCCCCC/C=C\C/C=C\CCC(=O)NC(CO)C(O)CCCCCCCCCCCCCCCCCCCCC. The van der Waals surface area contributed by atoms with Crippen LogP contribution in [0.4, 0.5) is 0 Å². The molecule has 0 radical (unpaired) electrons. The van der Waals surface area contributed by atoms with E-state index in [-0.39, 0.29) is 18.5 Å². The van der Waals surface area contributed by atoms with Crippen molar-refractivity contribution in [2.45, 2.75) is 321 Å². The smallest absolute Gasteiger partial charge is 0.305 e. The summed E-state index contributed by atoms with van der Waals surface area (Å²) in [6.07, 6.45) is 72.6. The maximum absolute atomic E-state index is 12.5. The summed E-state index contributed by atoms with van der Waals surface area (Å²) >= 11 is 0. The summed E-state index contributed by atoms with van der Waals surface area (Å²) in [6.45, 7) is 4.87. The Morgan fingerprint density at radius 1 is 0.412 bits per heavy atom. The Bertz CT molecular complexity index is 1150. The number of carbonyl (C=O) groups is 2. The second-order valence-electron chi connectivity index (χ2n) is 20.3. The number of ether oxygens (including phenoxy) is 1. The second-order valence-corrected chi connectivity index (χ2v) is 20.3. The van der Waals surface area contributed by atoms with Crippen LogP contribution in [0.2, 0.25) is 0 Å². The number of aliphatic hydroxyl groups is 2. The van der Waals surface area contributed by atoms with Crippen molar-refractivity contribution in [1.82, 2.24) is 5.32 Å². The summed E-state index contributed by atoms with van der Waals surface area (Å²) in [7, 11) is 0. The molecule has 0 saturated heterocycles. The molecule has 0 fully saturated rings. The lowest BCUT2D eigenvalue weighted by atomic mass is 10.0. The van der Waals surface area contributed by atoms with Gasteiger partial charge >= 0.3 is 5.97 Å². The molecule has 6 nitrogen and oxygen atoms in total. The first-order valence-corrected chi connectivity index (χ1v) is 29.9. The van der Waals surface area contributed by atoms with Crippen LogP contribution in [0.1, 0.15) is 309 Å². The van der Waals surface area contributed by atoms with E-state index in [1.54, 1.807) is 0 Å². The summed E-state index contributed by atoms with van der Waals surface area (Å²) in [4.78, 5) is 24.5. The lowest BCUT2D eigenvalue weighted by Crippen LogP contribution is -2.45. The van der Waals surface area contributed by atoms with Gasteiger partial charge < -0.3 is 20.3 Å². The van der Waals surface area contributed by atoms with Gasteiger partial charge in [-0.3, -0.25) is 9.59 Å². The third-order valence-electron chi connectivity index (χ3n) is 13.6. The van der Waals surface area contributed by atoms with Crippen molar-refractivity contribution in [3.05, 3.63) is 48.6 Å².